The molecule has 1 aliphatic rings. The van der Waals surface area contributed by atoms with Gasteiger partial charge in [-0.1, -0.05) is 58.1 Å². The minimum Gasteiger partial charge on any atom is -0.325 e. The van der Waals surface area contributed by atoms with Gasteiger partial charge in [-0.25, -0.2) is 0 Å². The van der Waals surface area contributed by atoms with Crippen LogP contribution in [0.2, 0.25) is 0 Å². The maximum Gasteiger partial charge on any atom is 0.416 e. The number of anilines is 1. The predicted molar refractivity (Wildman–Crippen MR) is 114 cm³/mol. The standard InChI is InChI=1S/C19H12BrF3N2O2S2/c20-13-6-4-11(5-7-13)8-15-17(27)25(18(28)29-15)10-16(26)24-14-3-1-2-12(9-14)19(21,22)23/h1-9H,10H2,(H,24,26)/b15-8-. The lowest BCUT2D eigenvalue weighted by atomic mass is 10.2. The number of thioether (sulfide) groups is 1. The van der Waals surface area contributed by atoms with E-state index in [1.807, 2.05) is 24.3 Å². The molecule has 0 radical (unpaired) electrons. The van der Waals surface area contributed by atoms with E-state index < -0.39 is 30.1 Å². The lowest BCUT2D eigenvalue weighted by Gasteiger charge is -2.15. The summed E-state index contributed by atoms with van der Waals surface area (Å²) in [6.45, 7) is -0.390. The molecule has 0 saturated carbocycles. The number of hydrogen-bond acceptors (Lipinski definition) is 4. The molecule has 0 bridgehead atoms. The molecule has 0 spiro atoms. The second-order valence-electron chi connectivity index (χ2n) is 5.95. The highest BCUT2D eigenvalue weighted by Gasteiger charge is 2.34. The monoisotopic (exact) mass is 500 g/mol. The van der Waals surface area contributed by atoms with E-state index in [9.17, 15) is 22.8 Å². The molecule has 1 saturated heterocycles. The third kappa shape index (κ3) is 5.46. The largest absolute Gasteiger partial charge is 0.416 e. The smallest absolute Gasteiger partial charge is 0.325 e. The SMILES string of the molecule is O=C(CN1C(=O)/C(=C/c2ccc(Br)cc2)SC1=S)Nc1cccc(C(F)(F)F)c1. The van der Waals surface area contributed by atoms with Crippen LogP contribution in [0.3, 0.4) is 0 Å². The molecule has 10 heteroatoms. The number of carbonyl (C=O) groups excluding carboxylic acids is 2. The molecule has 1 aliphatic heterocycles. The van der Waals surface area contributed by atoms with Gasteiger partial charge in [0.05, 0.1) is 10.5 Å². The number of benzene rings is 2. The van der Waals surface area contributed by atoms with E-state index in [0.717, 1.165) is 38.8 Å². The third-order valence-corrected chi connectivity index (χ3v) is 5.72. The average Bonchev–Trinajstić information content (AvgIpc) is 2.90. The van der Waals surface area contributed by atoms with Crippen molar-refractivity contribution in [2.75, 3.05) is 11.9 Å². The summed E-state index contributed by atoms with van der Waals surface area (Å²) in [5, 5.41) is 2.37. The quantitative estimate of drug-likeness (QED) is 0.456. The molecule has 4 nitrogen and oxygen atoms in total. The Morgan fingerprint density at radius 1 is 1.21 bits per heavy atom. The van der Waals surface area contributed by atoms with Gasteiger partial charge in [-0.15, -0.1) is 0 Å². The fraction of sp³-hybridized carbons (Fsp3) is 0.105. The van der Waals surface area contributed by atoms with Gasteiger partial charge in [0.25, 0.3) is 5.91 Å². The van der Waals surface area contributed by atoms with Crippen LogP contribution in [-0.4, -0.2) is 27.6 Å². The number of nitrogens with zero attached hydrogens (tertiary/aromatic N) is 1. The van der Waals surface area contributed by atoms with Gasteiger partial charge >= 0.3 is 6.18 Å². The predicted octanol–water partition coefficient (Wildman–Crippen LogP) is 5.31. The molecule has 150 valence electrons. The first-order valence-corrected chi connectivity index (χ1v) is 10.1. The zero-order chi connectivity index (χ0) is 21.2. The van der Waals surface area contributed by atoms with Crippen LogP contribution in [0.5, 0.6) is 0 Å². The molecule has 1 heterocycles. The normalized spacial score (nSPS) is 15.9. The fourth-order valence-electron chi connectivity index (χ4n) is 2.46. The molecule has 0 atom stereocenters. The van der Waals surface area contributed by atoms with Gasteiger partial charge in [-0.05, 0) is 42.0 Å². The zero-order valence-electron chi connectivity index (χ0n) is 14.5. The number of carbonyl (C=O) groups is 2. The Labute approximate surface area is 182 Å². The first-order chi connectivity index (χ1) is 13.6. The van der Waals surface area contributed by atoms with Gasteiger partial charge in [0.15, 0.2) is 0 Å². The van der Waals surface area contributed by atoms with Crippen molar-refractivity contribution in [3.63, 3.8) is 0 Å². The highest BCUT2D eigenvalue weighted by atomic mass is 79.9. The Morgan fingerprint density at radius 3 is 2.55 bits per heavy atom. The molecule has 0 unspecified atom stereocenters. The first-order valence-electron chi connectivity index (χ1n) is 8.11. The van der Waals surface area contributed by atoms with Gasteiger partial charge in [-0.3, -0.25) is 14.5 Å². The van der Waals surface area contributed by atoms with E-state index in [1.54, 1.807) is 6.08 Å². The average molecular weight is 501 g/mol. The number of nitrogens with one attached hydrogen (secondary N) is 1. The Bertz CT molecular complexity index is 1010. The molecule has 29 heavy (non-hydrogen) atoms. The summed E-state index contributed by atoms with van der Waals surface area (Å²) in [6, 6.07) is 11.6. The molecule has 3 rings (SSSR count). The molecule has 1 N–H and O–H groups in total. The van der Waals surface area contributed by atoms with Crippen molar-refractivity contribution in [2.24, 2.45) is 0 Å². The summed E-state index contributed by atoms with van der Waals surface area (Å²) in [5.74, 6) is -1.08. The van der Waals surface area contributed by atoms with Crippen molar-refractivity contribution in [3.8, 4) is 0 Å². The highest BCUT2D eigenvalue weighted by Crippen LogP contribution is 2.33. The maximum absolute atomic E-state index is 12.8. The maximum atomic E-state index is 12.8. The Kier molecular flexibility index (Phi) is 6.45. The lowest BCUT2D eigenvalue weighted by molar-refractivity contribution is -0.137. The van der Waals surface area contributed by atoms with Crippen molar-refractivity contribution in [1.29, 1.82) is 0 Å². The number of hydrogen-bond donors (Lipinski definition) is 1. The van der Waals surface area contributed by atoms with Crippen LogP contribution >= 0.6 is 39.9 Å². The third-order valence-electron chi connectivity index (χ3n) is 3.82. The van der Waals surface area contributed by atoms with E-state index in [1.165, 1.54) is 12.1 Å². The van der Waals surface area contributed by atoms with Crippen LogP contribution < -0.4 is 5.32 Å². The van der Waals surface area contributed by atoms with Crippen molar-refractivity contribution in [3.05, 3.63) is 69.0 Å². The Hall–Kier alpha value is -2.17. The second kappa shape index (κ2) is 8.68. The number of amides is 2. The highest BCUT2D eigenvalue weighted by molar-refractivity contribution is 9.10. The van der Waals surface area contributed by atoms with Crippen molar-refractivity contribution >= 4 is 67.8 Å². The lowest BCUT2D eigenvalue weighted by Crippen LogP contribution is -2.36. The van der Waals surface area contributed by atoms with Crippen LogP contribution in [0, 0.1) is 0 Å². The zero-order valence-corrected chi connectivity index (χ0v) is 17.7. The Balaban J connectivity index is 1.68. The molecule has 1 fully saturated rings. The van der Waals surface area contributed by atoms with E-state index in [0.29, 0.717) is 4.91 Å². The van der Waals surface area contributed by atoms with Crippen molar-refractivity contribution in [1.82, 2.24) is 4.90 Å². The van der Waals surface area contributed by atoms with Crippen molar-refractivity contribution in [2.45, 2.75) is 6.18 Å². The van der Waals surface area contributed by atoms with Gasteiger partial charge in [0.2, 0.25) is 5.91 Å². The number of alkyl halides is 3. The molecule has 2 amide bonds. The summed E-state index contributed by atoms with van der Waals surface area (Å²) >= 11 is 9.57. The van der Waals surface area contributed by atoms with Gasteiger partial charge in [0, 0.05) is 10.2 Å². The number of halogens is 4. The number of rotatable bonds is 4. The first kappa shape index (κ1) is 21.5. The van der Waals surface area contributed by atoms with Crippen LogP contribution in [0.15, 0.2) is 57.9 Å². The van der Waals surface area contributed by atoms with Crippen LogP contribution in [-0.2, 0) is 15.8 Å². The minimum atomic E-state index is -4.52. The van der Waals surface area contributed by atoms with E-state index >= 15 is 0 Å². The summed E-state index contributed by atoms with van der Waals surface area (Å²) in [4.78, 5) is 26.3. The van der Waals surface area contributed by atoms with Crippen LogP contribution in [0.4, 0.5) is 18.9 Å². The molecule has 2 aromatic carbocycles. The van der Waals surface area contributed by atoms with Gasteiger partial charge in [-0.2, -0.15) is 13.2 Å². The molecule has 2 aromatic rings. The second-order valence-corrected chi connectivity index (χ2v) is 8.54. The van der Waals surface area contributed by atoms with Gasteiger partial charge < -0.3 is 5.32 Å². The fourth-order valence-corrected chi connectivity index (χ4v) is 3.98. The minimum absolute atomic E-state index is 0.0133. The molecule has 0 aromatic heterocycles. The molecule has 0 aliphatic carbocycles. The topological polar surface area (TPSA) is 49.4 Å². The van der Waals surface area contributed by atoms with Crippen LogP contribution in [0.25, 0.3) is 6.08 Å². The van der Waals surface area contributed by atoms with E-state index in [4.69, 9.17) is 12.2 Å². The van der Waals surface area contributed by atoms with E-state index in [-0.39, 0.29) is 10.0 Å². The molecular weight excluding hydrogens is 489 g/mol. The Morgan fingerprint density at radius 2 is 1.90 bits per heavy atom. The summed E-state index contributed by atoms with van der Waals surface area (Å²) < 4.78 is 39.5. The van der Waals surface area contributed by atoms with Gasteiger partial charge in [0.1, 0.15) is 10.9 Å². The molecular formula is C19H12BrF3N2O2S2. The summed E-state index contributed by atoms with van der Waals surface area (Å²) in [6.07, 6.45) is -2.85. The number of thiocarbonyl (C=S) groups is 1. The van der Waals surface area contributed by atoms with E-state index in [2.05, 4.69) is 21.2 Å². The van der Waals surface area contributed by atoms with Crippen LogP contribution in [0.1, 0.15) is 11.1 Å². The summed E-state index contributed by atoms with van der Waals surface area (Å²) in [7, 11) is 0. The summed E-state index contributed by atoms with van der Waals surface area (Å²) in [5.41, 5.74) is -0.0962. The van der Waals surface area contributed by atoms with Crippen molar-refractivity contribution < 1.29 is 22.8 Å².